The number of nitrogens with zero attached hydrogens (tertiary/aromatic N) is 1. The molecule has 3 aromatic carbocycles. The first-order chi connectivity index (χ1) is 15.4. The Balaban J connectivity index is 1.29. The second kappa shape index (κ2) is 7.80. The molecule has 0 aliphatic heterocycles. The van der Waals surface area contributed by atoms with Crippen molar-refractivity contribution >= 4 is 44.1 Å². The number of anilines is 2. The Kier molecular flexibility index (Phi) is 4.94. The minimum atomic E-state index is -0.920. The molecule has 1 aliphatic carbocycles. The summed E-state index contributed by atoms with van der Waals surface area (Å²) in [4.78, 5) is 27.5. The highest BCUT2D eigenvalue weighted by atomic mass is 32.1. The van der Waals surface area contributed by atoms with Crippen LogP contribution < -0.4 is 5.32 Å². The minimum Gasteiger partial charge on any atom is -0.481 e. The molecule has 32 heavy (non-hydrogen) atoms. The van der Waals surface area contributed by atoms with Crippen molar-refractivity contribution in [3.8, 4) is 11.1 Å². The van der Waals surface area contributed by atoms with Gasteiger partial charge in [0.1, 0.15) is 11.3 Å². The van der Waals surface area contributed by atoms with Crippen molar-refractivity contribution in [1.82, 2.24) is 4.98 Å². The predicted octanol–water partition coefficient (Wildman–Crippen LogP) is 5.89. The summed E-state index contributed by atoms with van der Waals surface area (Å²) in [5.74, 6) is -3.36. The molecule has 0 spiro atoms. The molecule has 5 rings (SSSR count). The van der Waals surface area contributed by atoms with E-state index in [0.717, 1.165) is 34.2 Å². The number of rotatable bonds is 6. The Morgan fingerprint density at radius 1 is 0.969 bits per heavy atom. The standard InChI is InChI=1S/C24H16F2N2O3S/c25-15-9-19(26)21-20(10-15)32-24(28-21)27-16-7-5-13(6-8-16)12-1-3-14(4-2-12)22(29)17-11-18(17)23(30)31/h1-10,17-18H,11H2,(H,27,28)(H,30,31)/t17-,18-/m1/s1. The monoisotopic (exact) mass is 450 g/mol. The number of carbonyl (C=O) groups is 2. The van der Waals surface area contributed by atoms with Crippen LogP contribution >= 0.6 is 11.3 Å². The Labute approximate surface area is 185 Å². The van der Waals surface area contributed by atoms with Crippen molar-refractivity contribution in [3.63, 3.8) is 0 Å². The van der Waals surface area contributed by atoms with Crippen molar-refractivity contribution in [1.29, 1.82) is 0 Å². The molecular formula is C24H16F2N2O3S. The van der Waals surface area contributed by atoms with E-state index in [1.165, 1.54) is 6.07 Å². The second-order valence-electron chi connectivity index (χ2n) is 7.68. The number of thiazole rings is 1. The van der Waals surface area contributed by atoms with Gasteiger partial charge in [-0.1, -0.05) is 47.7 Å². The number of hydrogen-bond donors (Lipinski definition) is 2. The van der Waals surface area contributed by atoms with Crippen molar-refractivity contribution in [2.24, 2.45) is 11.8 Å². The van der Waals surface area contributed by atoms with Crippen molar-refractivity contribution in [2.45, 2.75) is 6.42 Å². The van der Waals surface area contributed by atoms with Gasteiger partial charge in [0.15, 0.2) is 16.7 Å². The third-order valence-electron chi connectivity index (χ3n) is 5.50. The zero-order valence-electron chi connectivity index (χ0n) is 16.5. The molecule has 5 nitrogen and oxygen atoms in total. The number of aliphatic carboxylic acids is 1. The van der Waals surface area contributed by atoms with Crippen LogP contribution in [0.3, 0.4) is 0 Å². The average Bonchev–Trinajstić information content (AvgIpc) is 3.48. The smallest absolute Gasteiger partial charge is 0.307 e. The molecule has 0 saturated heterocycles. The van der Waals surface area contributed by atoms with Crippen LogP contribution in [0, 0.1) is 23.5 Å². The van der Waals surface area contributed by atoms with Gasteiger partial charge in [-0.05, 0) is 35.7 Å². The van der Waals surface area contributed by atoms with Crippen LogP contribution in [0.2, 0.25) is 0 Å². The molecular weight excluding hydrogens is 434 g/mol. The Morgan fingerprint density at radius 2 is 1.62 bits per heavy atom. The SMILES string of the molecule is O=C(O)[C@@H]1C[C@H]1C(=O)c1ccc(-c2ccc(Nc3nc4c(F)cc(F)cc4s3)cc2)cc1. The topological polar surface area (TPSA) is 79.3 Å². The van der Waals surface area contributed by atoms with Crippen molar-refractivity contribution < 1.29 is 23.5 Å². The Hall–Kier alpha value is -3.65. The number of aromatic nitrogens is 1. The number of fused-ring (bicyclic) bond motifs is 1. The summed E-state index contributed by atoms with van der Waals surface area (Å²) < 4.78 is 27.7. The number of carbonyl (C=O) groups excluding carboxylic acids is 1. The average molecular weight is 450 g/mol. The maximum Gasteiger partial charge on any atom is 0.307 e. The van der Waals surface area contributed by atoms with Crippen LogP contribution in [0.1, 0.15) is 16.8 Å². The number of ketones is 1. The van der Waals surface area contributed by atoms with Crippen molar-refractivity contribution in [3.05, 3.63) is 77.9 Å². The van der Waals surface area contributed by atoms with Gasteiger partial charge < -0.3 is 10.4 Å². The Bertz CT molecular complexity index is 1350. The molecule has 4 aromatic rings. The fourth-order valence-corrected chi connectivity index (χ4v) is 4.60. The van der Waals surface area contributed by atoms with Crippen LogP contribution in [0.4, 0.5) is 19.6 Å². The molecule has 2 atom stereocenters. The highest BCUT2D eigenvalue weighted by molar-refractivity contribution is 7.22. The fraction of sp³-hybridized carbons (Fsp3) is 0.125. The van der Waals surface area contributed by atoms with Crippen LogP contribution in [0.15, 0.2) is 60.7 Å². The number of benzene rings is 3. The van der Waals surface area contributed by atoms with Gasteiger partial charge in [-0.15, -0.1) is 0 Å². The van der Waals surface area contributed by atoms with E-state index in [1.807, 2.05) is 36.4 Å². The minimum absolute atomic E-state index is 0.129. The van der Waals surface area contributed by atoms with E-state index in [-0.39, 0.29) is 11.3 Å². The molecule has 1 aromatic heterocycles. The maximum atomic E-state index is 13.8. The first-order valence-corrected chi connectivity index (χ1v) is 10.7. The predicted molar refractivity (Wildman–Crippen MR) is 118 cm³/mol. The van der Waals surface area contributed by atoms with Crippen LogP contribution in [-0.4, -0.2) is 21.8 Å². The molecule has 0 bridgehead atoms. The number of Topliss-reactive ketones (excluding diaryl/α,β-unsaturated/α-hetero) is 1. The van der Waals surface area contributed by atoms with Gasteiger partial charge in [0.25, 0.3) is 0 Å². The number of nitrogens with one attached hydrogen (secondary N) is 1. The molecule has 1 saturated carbocycles. The van der Waals surface area contributed by atoms with Gasteiger partial charge in [-0.25, -0.2) is 13.8 Å². The summed E-state index contributed by atoms with van der Waals surface area (Å²) in [6.07, 6.45) is 0.403. The molecule has 1 fully saturated rings. The largest absolute Gasteiger partial charge is 0.481 e. The number of carboxylic acid groups (broad SMARTS) is 1. The summed E-state index contributed by atoms with van der Waals surface area (Å²) in [6.45, 7) is 0. The molecule has 8 heteroatoms. The summed E-state index contributed by atoms with van der Waals surface area (Å²) in [7, 11) is 0. The quantitative estimate of drug-likeness (QED) is 0.358. The lowest BCUT2D eigenvalue weighted by Crippen LogP contribution is -2.08. The lowest BCUT2D eigenvalue weighted by Gasteiger charge is -2.06. The van der Waals surface area contributed by atoms with Crippen molar-refractivity contribution in [2.75, 3.05) is 5.32 Å². The maximum absolute atomic E-state index is 13.8. The molecule has 2 N–H and O–H groups in total. The summed E-state index contributed by atoms with van der Waals surface area (Å²) in [5.41, 5.74) is 3.23. The molecule has 0 unspecified atom stereocenters. The fourth-order valence-electron chi connectivity index (χ4n) is 3.68. The second-order valence-corrected chi connectivity index (χ2v) is 8.71. The molecule has 1 heterocycles. The van der Waals surface area contributed by atoms with E-state index in [2.05, 4.69) is 10.3 Å². The summed E-state index contributed by atoms with van der Waals surface area (Å²) >= 11 is 1.16. The number of carboxylic acids is 1. The van der Waals surface area contributed by atoms with Gasteiger partial charge in [0.05, 0.1) is 10.6 Å². The van der Waals surface area contributed by atoms with Gasteiger partial charge >= 0.3 is 5.97 Å². The molecule has 1 aliphatic rings. The van der Waals surface area contributed by atoms with Gasteiger partial charge in [0.2, 0.25) is 0 Å². The lowest BCUT2D eigenvalue weighted by molar-refractivity contribution is -0.138. The van der Waals surface area contributed by atoms with E-state index < -0.39 is 29.4 Å². The van der Waals surface area contributed by atoms with Crippen LogP contribution in [0.5, 0.6) is 0 Å². The van der Waals surface area contributed by atoms with Crippen LogP contribution in [-0.2, 0) is 4.79 Å². The molecule has 0 amide bonds. The van der Waals surface area contributed by atoms with Gasteiger partial charge in [0, 0.05) is 23.2 Å². The highest BCUT2D eigenvalue weighted by Crippen LogP contribution is 2.41. The third kappa shape index (κ3) is 3.85. The number of halogens is 2. The van der Waals surface area contributed by atoms with Gasteiger partial charge in [-0.3, -0.25) is 9.59 Å². The first kappa shape index (κ1) is 20.3. The van der Waals surface area contributed by atoms with E-state index in [4.69, 9.17) is 5.11 Å². The summed E-state index contributed by atoms with van der Waals surface area (Å²) in [6, 6.07) is 16.7. The van der Waals surface area contributed by atoms with E-state index in [9.17, 15) is 18.4 Å². The highest BCUT2D eigenvalue weighted by Gasteiger charge is 2.48. The zero-order valence-corrected chi connectivity index (χ0v) is 17.3. The third-order valence-corrected chi connectivity index (χ3v) is 6.41. The van der Waals surface area contributed by atoms with E-state index >= 15 is 0 Å². The Morgan fingerprint density at radius 3 is 2.25 bits per heavy atom. The lowest BCUT2D eigenvalue weighted by atomic mass is 10.0. The summed E-state index contributed by atoms with van der Waals surface area (Å²) in [5, 5.41) is 12.6. The molecule has 160 valence electrons. The van der Waals surface area contributed by atoms with Gasteiger partial charge in [-0.2, -0.15) is 0 Å². The zero-order chi connectivity index (χ0) is 22.4. The molecule has 0 radical (unpaired) electrons. The van der Waals surface area contributed by atoms with Crippen LogP contribution in [0.25, 0.3) is 21.3 Å². The normalized spacial score (nSPS) is 17.3. The van der Waals surface area contributed by atoms with E-state index in [0.29, 0.717) is 21.8 Å². The van der Waals surface area contributed by atoms with E-state index in [1.54, 1.807) is 12.1 Å². The first-order valence-electron chi connectivity index (χ1n) is 9.89. The number of hydrogen-bond acceptors (Lipinski definition) is 5.